The first-order valence-electron chi connectivity index (χ1n) is 21.6. The lowest BCUT2D eigenvalue weighted by atomic mass is 10.0. The molecule has 6 heteroatoms. The van der Waals surface area contributed by atoms with Gasteiger partial charge in [0.25, 0.3) is 0 Å². The Kier molecular flexibility index (Phi) is 39.1. The molecule has 0 fully saturated rings. The third-order valence-corrected chi connectivity index (χ3v) is 9.14. The summed E-state index contributed by atoms with van der Waals surface area (Å²) in [5, 5.41) is 11.1. The molecule has 0 aliphatic heterocycles. The minimum Gasteiger partial charge on any atom is -0.480 e. The van der Waals surface area contributed by atoms with Crippen molar-refractivity contribution in [3.05, 3.63) is 72.9 Å². The minimum absolute atomic E-state index is 0.00158. The first-order chi connectivity index (χ1) is 26.0. The van der Waals surface area contributed by atoms with Crippen molar-refractivity contribution in [2.24, 2.45) is 0 Å². The summed E-state index contributed by atoms with van der Waals surface area (Å²) >= 11 is 0. The fourth-order valence-electron chi connectivity index (χ4n) is 5.99. The van der Waals surface area contributed by atoms with Gasteiger partial charge in [-0.25, -0.2) is 0 Å². The molecule has 0 bridgehead atoms. The molecule has 53 heavy (non-hydrogen) atoms. The molecule has 0 aromatic rings. The molecule has 0 rings (SSSR count). The minimum atomic E-state index is -1.02. The van der Waals surface area contributed by atoms with Crippen molar-refractivity contribution in [1.29, 1.82) is 0 Å². The highest BCUT2D eigenvalue weighted by Crippen LogP contribution is 2.18. The van der Waals surface area contributed by atoms with Gasteiger partial charge in [0.2, 0.25) is 5.91 Å². The summed E-state index contributed by atoms with van der Waals surface area (Å²) in [4.78, 5) is 35.0. The monoisotopic (exact) mass is 738 g/mol. The maximum absolute atomic E-state index is 12.7. The Labute approximate surface area is 325 Å². The van der Waals surface area contributed by atoms with Gasteiger partial charge in [0.1, 0.15) is 12.6 Å². The van der Waals surface area contributed by atoms with Crippen molar-refractivity contribution in [2.75, 3.05) is 6.54 Å². The number of aliphatic carboxylic acids is 1. The van der Waals surface area contributed by atoms with Gasteiger partial charge >= 0.3 is 11.9 Å². The zero-order valence-electron chi connectivity index (χ0n) is 34.1. The molecule has 0 aliphatic carbocycles. The number of unbranched alkanes of at least 4 members (excludes halogenated alkanes) is 15. The van der Waals surface area contributed by atoms with E-state index in [-0.39, 0.29) is 24.5 Å². The van der Waals surface area contributed by atoms with Crippen LogP contribution in [0.5, 0.6) is 0 Å². The number of rotatable bonds is 38. The van der Waals surface area contributed by atoms with Crippen LogP contribution < -0.4 is 5.32 Å². The van der Waals surface area contributed by atoms with Crippen LogP contribution in [0.2, 0.25) is 0 Å². The van der Waals surface area contributed by atoms with E-state index >= 15 is 0 Å². The van der Waals surface area contributed by atoms with Crippen LogP contribution in [0.25, 0.3) is 0 Å². The van der Waals surface area contributed by atoms with Gasteiger partial charge < -0.3 is 15.2 Å². The Morgan fingerprint density at radius 2 is 0.925 bits per heavy atom. The highest BCUT2D eigenvalue weighted by Gasteiger charge is 2.14. The van der Waals surface area contributed by atoms with E-state index in [0.29, 0.717) is 12.8 Å². The standard InChI is InChI=1S/C47H79NO5/c1-3-5-7-9-11-13-15-16-17-18-19-20-21-22-23-24-25-27-29-34-38-42-47(52)53-44(39-35-31-28-26-14-12-10-8-6-4-2)40-36-32-30-33-37-41-45(49)48-43-46(50)51/h5,7,11,13,16-17,19-20,22-23,25,27,44H,3-4,6,8-10,12,14-15,18,21,24,26,28-43H2,1-2H3,(H,48,49)(H,50,51)/b7-5-,13-11-,17-16-,20-19-,23-22-,27-25-. The third-order valence-electron chi connectivity index (χ3n) is 9.14. The van der Waals surface area contributed by atoms with Crippen LogP contribution in [0.15, 0.2) is 72.9 Å². The van der Waals surface area contributed by atoms with Gasteiger partial charge in [-0.2, -0.15) is 0 Å². The highest BCUT2D eigenvalue weighted by atomic mass is 16.5. The molecule has 0 aromatic carbocycles. The quantitative estimate of drug-likeness (QED) is 0.0374. The number of carbonyl (C=O) groups excluding carboxylic acids is 2. The number of hydrogen-bond donors (Lipinski definition) is 2. The van der Waals surface area contributed by atoms with Crippen molar-refractivity contribution in [3.63, 3.8) is 0 Å². The molecule has 1 atom stereocenters. The van der Waals surface area contributed by atoms with Crippen LogP contribution in [0, 0.1) is 0 Å². The number of carbonyl (C=O) groups is 3. The van der Waals surface area contributed by atoms with Crippen molar-refractivity contribution in [2.45, 2.75) is 200 Å². The molecule has 0 saturated carbocycles. The Morgan fingerprint density at radius 3 is 1.40 bits per heavy atom. The van der Waals surface area contributed by atoms with Crippen molar-refractivity contribution in [3.8, 4) is 0 Å². The average molecular weight is 738 g/mol. The van der Waals surface area contributed by atoms with Crippen molar-refractivity contribution < 1.29 is 24.2 Å². The normalized spacial score (nSPS) is 12.8. The summed E-state index contributed by atoms with van der Waals surface area (Å²) in [7, 11) is 0. The predicted molar refractivity (Wildman–Crippen MR) is 226 cm³/mol. The number of nitrogens with one attached hydrogen (secondary N) is 1. The predicted octanol–water partition coefficient (Wildman–Crippen LogP) is 13.4. The average Bonchev–Trinajstić information content (AvgIpc) is 3.14. The maximum atomic E-state index is 12.7. The van der Waals surface area contributed by atoms with Crippen LogP contribution in [-0.2, 0) is 19.1 Å². The number of carboxylic acids is 1. The van der Waals surface area contributed by atoms with Crippen LogP contribution in [-0.4, -0.2) is 35.6 Å². The molecule has 0 radical (unpaired) electrons. The Morgan fingerprint density at radius 1 is 0.509 bits per heavy atom. The summed E-state index contributed by atoms with van der Waals surface area (Å²) in [6.07, 6.45) is 55.9. The summed E-state index contributed by atoms with van der Waals surface area (Å²) in [6.45, 7) is 4.10. The molecule has 0 aliphatic rings. The van der Waals surface area contributed by atoms with Crippen molar-refractivity contribution >= 4 is 17.8 Å². The van der Waals surface area contributed by atoms with Crippen LogP contribution in [0.1, 0.15) is 194 Å². The molecule has 6 nitrogen and oxygen atoms in total. The zero-order chi connectivity index (χ0) is 38.7. The van der Waals surface area contributed by atoms with Crippen LogP contribution in [0.3, 0.4) is 0 Å². The molecule has 0 saturated heterocycles. The molecule has 2 N–H and O–H groups in total. The van der Waals surface area contributed by atoms with Gasteiger partial charge in [-0.3, -0.25) is 14.4 Å². The van der Waals surface area contributed by atoms with Gasteiger partial charge in [0, 0.05) is 12.8 Å². The van der Waals surface area contributed by atoms with E-state index in [2.05, 4.69) is 92.1 Å². The second-order valence-corrected chi connectivity index (χ2v) is 14.2. The summed E-state index contributed by atoms with van der Waals surface area (Å²) in [6, 6.07) is 0. The summed E-state index contributed by atoms with van der Waals surface area (Å²) in [5.74, 6) is -1.28. The van der Waals surface area contributed by atoms with Crippen molar-refractivity contribution in [1.82, 2.24) is 5.32 Å². The fraction of sp³-hybridized carbons (Fsp3) is 0.681. The molecule has 1 unspecified atom stereocenters. The second kappa shape index (κ2) is 41.6. The highest BCUT2D eigenvalue weighted by molar-refractivity contribution is 5.80. The lowest BCUT2D eigenvalue weighted by Gasteiger charge is -2.18. The second-order valence-electron chi connectivity index (χ2n) is 14.2. The van der Waals surface area contributed by atoms with Gasteiger partial charge in [-0.15, -0.1) is 0 Å². The van der Waals surface area contributed by atoms with Gasteiger partial charge in [-0.1, -0.05) is 164 Å². The maximum Gasteiger partial charge on any atom is 0.322 e. The van der Waals surface area contributed by atoms with Crippen LogP contribution >= 0.6 is 0 Å². The molecular formula is C47H79NO5. The number of carboxylic acid groups (broad SMARTS) is 1. The lowest BCUT2D eigenvalue weighted by Crippen LogP contribution is -2.28. The van der Waals surface area contributed by atoms with Gasteiger partial charge in [-0.05, 0) is 89.9 Å². The first-order valence-corrected chi connectivity index (χ1v) is 21.6. The van der Waals surface area contributed by atoms with E-state index in [1.54, 1.807) is 0 Å². The number of amides is 1. The van der Waals surface area contributed by atoms with E-state index in [4.69, 9.17) is 9.84 Å². The number of esters is 1. The SMILES string of the molecule is CC/C=C\C/C=C\C/C=C\C/C=C\C/C=C\C/C=C\CCCCC(=O)OC(CCCCCCCCCCCC)CCCCCCCC(=O)NCC(=O)O. The molecule has 1 amide bonds. The lowest BCUT2D eigenvalue weighted by molar-refractivity contribution is -0.150. The third kappa shape index (κ3) is 41.5. The zero-order valence-corrected chi connectivity index (χ0v) is 34.1. The van der Waals surface area contributed by atoms with Gasteiger partial charge in [0.05, 0.1) is 0 Å². The van der Waals surface area contributed by atoms with Gasteiger partial charge in [0.15, 0.2) is 0 Å². The largest absolute Gasteiger partial charge is 0.480 e. The Balaban J connectivity index is 4.21. The smallest absolute Gasteiger partial charge is 0.322 e. The van der Waals surface area contributed by atoms with E-state index in [1.165, 1.54) is 57.8 Å². The molecule has 0 spiro atoms. The molecule has 302 valence electrons. The van der Waals surface area contributed by atoms with E-state index in [1.807, 2.05) is 0 Å². The topological polar surface area (TPSA) is 92.7 Å². The molecule has 0 heterocycles. The molecule has 0 aromatic heterocycles. The number of ether oxygens (including phenoxy) is 1. The first kappa shape index (κ1) is 49.9. The Bertz CT molecular complexity index is 1040. The fourth-order valence-corrected chi connectivity index (χ4v) is 5.99. The van der Waals surface area contributed by atoms with E-state index < -0.39 is 5.97 Å². The number of hydrogen-bond acceptors (Lipinski definition) is 4. The van der Waals surface area contributed by atoms with E-state index in [0.717, 1.165) is 109 Å². The Hall–Kier alpha value is -3.15. The van der Waals surface area contributed by atoms with E-state index in [9.17, 15) is 14.4 Å². The summed E-state index contributed by atoms with van der Waals surface area (Å²) in [5.41, 5.74) is 0. The molecular weight excluding hydrogens is 659 g/mol. The summed E-state index contributed by atoms with van der Waals surface area (Å²) < 4.78 is 6.00. The van der Waals surface area contributed by atoms with Crippen LogP contribution in [0.4, 0.5) is 0 Å². The number of allylic oxidation sites excluding steroid dienone is 12.